The molecule has 2 unspecified atom stereocenters. The Morgan fingerprint density at radius 2 is 2.11 bits per heavy atom. The highest BCUT2D eigenvalue weighted by molar-refractivity contribution is 7.10. The SMILES string of the molecule is Cc1ccsc1C1CC1C(=O)NC1CC(C(=O)O)C1. The topological polar surface area (TPSA) is 66.4 Å². The highest BCUT2D eigenvalue weighted by Crippen LogP contribution is 2.50. The Kier molecular flexibility index (Phi) is 3.09. The molecule has 102 valence electrons. The van der Waals surface area contributed by atoms with E-state index in [2.05, 4.69) is 23.7 Å². The second-order valence-electron chi connectivity index (χ2n) is 5.63. The van der Waals surface area contributed by atoms with Gasteiger partial charge in [-0.1, -0.05) is 0 Å². The molecule has 2 aliphatic carbocycles. The predicted molar refractivity (Wildman–Crippen MR) is 72.2 cm³/mol. The van der Waals surface area contributed by atoms with Gasteiger partial charge in [-0.05, 0) is 43.2 Å². The fourth-order valence-corrected chi connectivity index (χ4v) is 3.89. The van der Waals surface area contributed by atoms with Crippen molar-refractivity contribution in [1.29, 1.82) is 0 Å². The van der Waals surface area contributed by atoms with Gasteiger partial charge >= 0.3 is 5.97 Å². The summed E-state index contributed by atoms with van der Waals surface area (Å²) in [5.41, 5.74) is 1.28. The van der Waals surface area contributed by atoms with Crippen molar-refractivity contribution in [2.24, 2.45) is 11.8 Å². The maximum absolute atomic E-state index is 12.0. The molecule has 5 heteroatoms. The third kappa shape index (κ3) is 2.39. The maximum Gasteiger partial charge on any atom is 0.306 e. The molecule has 2 saturated carbocycles. The zero-order valence-electron chi connectivity index (χ0n) is 10.8. The van der Waals surface area contributed by atoms with E-state index < -0.39 is 5.97 Å². The molecule has 1 amide bonds. The first-order valence-electron chi connectivity index (χ1n) is 6.63. The first kappa shape index (κ1) is 12.7. The fraction of sp³-hybridized carbons (Fsp3) is 0.571. The Morgan fingerprint density at radius 3 is 2.68 bits per heavy atom. The number of hydrogen-bond donors (Lipinski definition) is 2. The number of carboxylic acids is 1. The van der Waals surface area contributed by atoms with Gasteiger partial charge in [-0.25, -0.2) is 0 Å². The standard InChI is InChI=1S/C14H17NO3S/c1-7-2-3-19-12(7)10-6-11(10)13(16)15-9-4-8(5-9)14(17)18/h2-3,8-11H,4-6H2,1H3,(H,15,16)(H,17,18). The smallest absolute Gasteiger partial charge is 0.306 e. The van der Waals surface area contributed by atoms with Gasteiger partial charge in [0.25, 0.3) is 0 Å². The zero-order chi connectivity index (χ0) is 13.6. The van der Waals surface area contributed by atoms with Crippen LogP contribution in [0.4, 0.5) is 0 Å². The van der Waals surface area contributed by atoms with E-state index in [1.54, 1.807) is 11.3 Å². The molecule has 1 heterocycles. The third-order valence-corrected chi connectivity index (χ3v) is 5.35. The molecule has 2 N–H and O–H groups in total. The zero-order valence-corrected chi connectivity index (χ0v) is 11.6. The molecule has 0 spiro atoms. The monoisotopic (exact) mass is 279 g/mol. The predicted octanol–water partition coefficient (Wildman–Crippen LogP) is 2.14. The molecule has 19 heavy (non-hydrogen) atoms. The summed E-state index contributed by atoms with van der Waals surface area (Å²) in [6, 6.07) is 2.16. The molecular formula is C14H17NO3S. The Bertz CT molecular complexity index is 519. The maximum atomic E-state index is 12.0. The average molecular weight is 279 g/mol. The van der Waals surface area contributed by atoms with Gasteiger partial charge < -0.3 is 10.4 Å². The minimum absolute atomic E-state index is 0.0688. The van der Waals surface area contributed by atoms with Crippen molar-refractivity contribution < 1.29 is 14.7 Å². The number of carboxylic acid groups (broad SMARTS) is 1. The molecule has 1 aromatic rings. The van der Waals surface area contributed by atoms with Crippen LogP contribution in [0.1, 0.15) is 35.6 Å². The van der Waals surface area contributed by atoms with Gasteiger partial charge in [-0.3, -0.25) is 9.59 Å². The van der Waals surface area contributed by atoms with Crippen LogP contribution < -0.4 is 5.32 Å². The van der Waals surface area contributed by atoms with Crippen molar-refractivity contribution in [3.05, 3.63) is 21.9 Å². The van der Waals surface area contributed by atoms with Crippen molar-refractivity contribution in [2.45, 2.75) is 38.1 Å². The number of aliphatic carboxylic acids is 1. The van der Waals surface area contributed by atoms with Crippen LogP contribution >= 0.6 is 11.3 Å². The van der Waals surface area contributed by atoms with Gasteiger partial charge in [0, 0.05) is 22.8 Å². The van der Waals surface area contributed by atoms with Crippen molar-refractivity contribution in [3.63, 3.8) is 0 Å². The number of aryl methyl sites for hydroxylation is 1. The first-order chi connectivity index (χ1) is 9.06. The summed E-state index contributed by atoms with van der Waals surface area (Å²) < 4.78 is 0. The lowest BCUT2D eigenvalue weighted by atomic mass is 9.80. The van der Waals surface area contributed by atoms with Gasteiger partial charge in [-0.2, -0.15) is 0 Å². The van der Waals surface area contributed by atoms with Crippen molar-refractivity contribution in [3.8, 4) is 0 Å². The van der Waals surface area contributed by atoms with Crippen LogP contribution in [-0.2, 0) is 9.59 Å². The molecule has 0 aliphatic heterocycles. The van der Waals surface area contributed by atoms with Crippen LogP contribution in [0.15, 0.2) is 11.4 Å². The lowest BCUT2D eigenvalue weighted by Gasteiger charge is -2.32. The van der Waals surface area contributed by atoms with E-state index in [0.717, 1.165) is 6.42 Å². The molecule has 0 aromatic carbocycles. The lowest BCUT2D eigenvalue weighted by molar-refractivity contribution is -0.146. The summed E-state index contributed by atoms with van der Waals surface area (Å²) in [4.78, 5) is 24.1. The third-order valence-electron chi connectivity index (χ3n) is 4.20. The van der Waals surface area contributed by atoms with Crippen molar-refractivity contribution in [1.82, 2.24) is 5.32 Å². The molecule has 0 radical (unpaired) electrons. The number of rotatable bonds is 4. The second kappa shape index (κ2) is 4.63. The number of thiophene rings is 1. The number of carbonyl (C=O) groups is 2. The van der Waals surface area contributed by atoms with E-state index in [9.17, 15) is 9.59 Å². The molecule has 4 nitrogen and oxygen atoms in total. The van der Waals surface area contributed by atoms with E-state index >= 15 is 0 Å². The normalized spacial score (nSPS) is 32.5. The largest absolute Gasteiger partial charge is 0.481 e. The summed E-state index contributed by atoms with van der Waals surface area (Å²) in [5, 5.41) is 13.8. The minimum atomic E-state index is -0.746. The van der Waals surface area contributed by atoms with Crippen LogP contribution in [0.25, 0.3) is 0 Å². The summed E-state index contributed by atoms with van der Waals surface area (Å²) >= 11 is 1.73. The first-order valence-corrected chi connectivity index (χ1v) is 7.51. The Morgan fingerprint density at radius 1 is 1.37 bits per heavy atom. The number of hydrogen-bond acceptors (Lipinski definition) is 3. The van der Waals surface area contributed by atoms with Gasteiger partial charge in [0.15, 0.2) is 0 Å². The summed E-state index contributed by atoms with van der Waals surface area (Å²) in [5.74, 6) is -0.424. The minimum Gasteiger partial charge on any atom is -0.481 e. The molecule has 2 atom stereocenters. The molecule has 0 bridgehead atoms. The summed E-state index contributed by atoms with van der Waals surface area (Å²) in [6.07, 6.45) is 2.09. The molecule has 0 saturated heterocycles. The number of amides is 1. The van der Waals surface area contributed by atoms with Crippen LogP contribution in [0, 0.1) is 18.8 Å². The van der Waals surface area contributed by atoms with Crippen molar-refractivity contribution in [2.75, 3.05) is 0 Å². The fourth-order valence-electron chi connectivity index (χ4n) is 2.78. The van der Waals surface area contributed by atoms with E-state index in [-0.39, 0.29) is 23.8 Å². The van der Waals surface area contributed by atoms with Gasteiger partial charge in [0.05, 0.1) is 5.92 Å². The number of nitrogens with one attached hydrogen (secondary N) is 1. The molecule has 2 aliphatic rings. The Labute approximate surface area is 115 Å². The van der Waals surface area contributed by atoms with E-state index in [1.807, 2.05) is 0 Å². The van der Waals surface area contributed by atoms with E-state index in [1.165, 1.54) is 10.4 Å². The van der Waals surface area contributed by atoms with Crippen LogP contribution in [0.3, 0.4) is 0 Å². The van der Waals surface area contributed by atoms with Gasteiger partial charge in [0.2, 0.25) is 5.91 Å². The molecule has 1 aromatic heterocycles. The van der Waals surface area contributed by atoms with Crippen molar-refractivity contribution >= 4 is 23.2 Å². The van der Waals surface area contributed by atoms with E-state index in [0.29, 0.717) is 18.8 Å². The average Bonchev–Trinajstić information content (AvgIpc) is 2.98. The molecular weight excluding hydrogens is 262 g/mol. The van der Waals surface area contributed by atoms with Gasteiger partial charge in [0.1, 0.15) is 0 Å². The Hall–Kier alpha value is -1.36. The second-order valence-corrected chi connectivity index (χ2v) is 6.58. The Balaban J connectivity index is 1.49. The van der Waals surface area contributed by atoms with Crippen LogP contribution in [0.5, 0.6) is 0 Å². The summed E-state index contributed by atoms with van der Waals surface area (Å²) in [7, 11) is 0. The van der Waals surface area contributed by atoms with Crippen LogP contribution in [0.2, 0.25) is 0 Å². The highest BCUT2D eigenvalue weighted by atomic mass is 32.1. The number of carbonyl (C=O) groups excluding carboxylic acids is 1. The lowest BCUT2D eigenvalue weighted by Crippen LogP contribution is -2.47. The molecule has 3 rings (SSSR count). The molecule has 2 fully saturated rings. The quantitative estimate of drug-likeness (QED) is 0.887. The highest BCUT2D eigenvalue weighted by Gasteiger charge is 2.46. The van der Waals surface area contributed by atoms with Crippen LogP contribution in [-0.4, -0.2) is 23.0 Å². The van der Waals surface area contributed by atoms with E-state index in [4.69, 9.17) is 5.11 Å². The van der Waals surface area contributed by atoms with Gasteiger partial charge in [-0.15, -0.1) is 11.3 Å². The summed E-state index contributed by atoms with van der Waals surface area (Å²) in [6.45, 7) is 2.09.